The first-order valence-corrected chi connectivity index (χ1v) is 4.31. The molecule has 58 valence electrons. The molecule has 0 amide bonds. The molecule has 0 N–H and O–H groups in total. The average Bonchev–Trinajstić information content (AvgIpc) is 1.97. The van der Waals surface area contributed by atoms with Crippen molar-refractivity contribution in [1.82, 2.24) is 0 Å². The summed E-state index contributed by atoms with van der Waals surface area (Å²) in [4.78, 5) is 0. The minimum Gasteiger partial charge on any atom is -0.206 e. The highest BCUT2D eigenvalue weighted by molar-refractivity contribution is 14.1. The van der Waals surface area contributed by atoms with Crippen LogP contribution < -0.4 is 0 Å². The summed E-state index contributed by atoms with van der Waals surface area (Å²) in [5.74, 6) is -0.199. The first kappa shape index (κ1) is 8.71. The Morgan fingerprint density at radius 2 is 2.18 bits per heavy atom. The van der Waals surface area contributed by atoms with Gasteiger partial charge in [-0.1, -0.05) is 12.7 Å². The van der Waals surface area contributed by atoms with Gasteiger partial charge in [-0.25, -0.2) is 4.39 Å². The molecule has 0 bridgehead atoms. The lowest BCUT2D eigenvalue weighted by Crippen LogP contribution is -1.87. The molecule has 0 aliphatic heterocycles. The fourth-order valence-electron chi connectivity index (χ4n) is 0.836. The number of hydrogen-bond donors (Lipinski definition) is 0. The van der Waals surface area contributed by atoms with Gasteiger partial charge < -0.3 is 0 Å². The molecule has 0 saturated heterocycles. The van der Waals surface area contributed by atoms with E-state index in [2.05, 4.69) is 29.2 Å². The van der Waals surface area contributed by atoms with E-state index in [4.69, 9.17) is 0 Å². The van der Waals surface area contributed by atoms with Gasteiger partial charge in [0.2, 0.25) is 0 Å². The number of hydrogen-bond acceptors (Lipinski definition) is 0. The second-order valence-electron chi connectivity index (χ2n) is 2.33. The lowest BCUT2D eigenvalue weighted by atomic mass is 10.1. The molecule has 0 atom stereocenters. The highest BCUT2D eigenvalue weighted by Gasteiger charge is 2.01. The van der Waals surface area contributed by atoms with Crippen LogP contribution in [0.15, 0.2) is 18.7 Å². The second kappa shape index (κ2) is 3.34. The molecule has 1 aromatic carbocycles. The predicted octanol–water partition coefficient (Wildman–Crippen LogP) is 3.38. The first-order valence-electron chi connectivity index (χ1n) is 3.23. The van der Waals surface area contributed by atoms with E-state index in [0.29, 0.717) is 5.56 Å². The summed E-state index contributed by atoms with van der Waals surface area (Å²) < 4.78 is 13.9. The summed E-state index contributed by atoms with van der Waals surface area (Å²) >= 11 is 2.11. The van der Waals surface area contributed by atoms with E-state index in [9.17, 15) is 4.39 Å². The van der Waals surface area contributed by atoms with Crippen LogP contribution in [0.25, 0.3) is 6.08 Å². The lowest BCUT2D eigenvalue weighted by Gasteiger charge is -2.00. The summed E-state index contributed by atoms with van der Waals surface area (Å²) in [7, 11) is 0. The van der Waals surface area contributed by atoms with Gasteiger partial charge in [0.05, 0.1) is 0 Å². The van der Waals surface area contributed by atoms with Crippen LogP contribution in [-0.2, 0) is 0 Å². The van der Waals surface area contributed by atoms with E-state index in [0.717, 1.165) is 9.13 Å². The highest BCUT2D eigenvalue weighted by Crippen LogP contribution is 2.17. The molecule has 0 aliphatic rings. The fraction of sp³-hybridized carbons (Fsp3) is 0.111. The van der Waals surface area contributed by atoms with Crippen LogP contribution in [0.4, 0.5) is 4.39 Å². The molecule has 0 spiro atoms. The van der Waals surface area contributed by atoms with Gasteiger partial charge in [-0.2, -0.15) is 0 Å². The monoisotopic (exact) mass is 262 g/mol. The van der Waals surface area contributed by atoms with Crippen LogP contribution >= 0.6 is 22.6 Å². The Morgan fingerprint density at radius 1 is 1.55 bits per heavy atom. The average molecular weight is 262 g/mol. The van der Waals surface area contributed by atoms with E-state index in [-0.39, 0.29) is 5.82 Å². The third-order valence-electron chi connectivity index (χ3n) is 1.50. The van der Waals surface area contributed by atoms with Gasteiger partial charge in [0.15, 0.2) is 0 Å². The summed E-state index contributed by atoms with van der Waals surface area (Å²) in [6, 6.07) is 3.32. The molecule has 1 aromatic rings. The molecular weight excluding hydrogens is 254 g/mol. The molecule has 1 rings (SSSR count). The molecular formula is C9H8FI. The third kappa shape index (κ3) is 1.80. The molecule has 0 saturated carbocycles. The Hall–Kier alpha value is -0.380. The lowest BCUT2D eigenvalue weighted by molar-refractivity contribution is 0.623. The van der Waals surface area contributed by atoms with Crippen LogP contribution in [0, 0.1) is 16.3 Å². The standard InChI is InChI=1S/C9H8FI/c1-3-7-4-6(2)9(11)5-8(7)10/h3-5H,1H2,2H3. The summed E-state index contributed by atoms with van der Waals surface area (Å²) in [6.45, 7) is 5.47. The Bertz CT molecular complexity index is 292. The SMILES string of the molecule is C=Cc1cc(C)c(I)cc1F. The minimum atomic E-state index is -0.199. The topological polar surface area (TPSA) is 0 Å². The van der Waals surface area contributed by atoms with E-state index in [1.807, 2.05) is 6.92 Å². The van der Waals surface area contributed by atoms with Gasteiger partial charge in [0.1, 0.15) is 5.82 Å². The second-order valence-corrected chi connectivity index (χ2v) is 3.49. The third-order valence-corrected chi connectivity index (χ3v) is 2.66. The number of halogens is 2. The summed E-state index contributed by atoms with van der Waals surface area (Å²) in [5, 5.41) is 0. The number of benzene rings is 1. The maximum Gasteiger partial charge on any atom is 0.131 e. The maximum absolute atomic E-state index is 13.0. The van der Waals surface area contributed by atoms with E-state index < -0.39 is 0 Å². The van der Waals surface area contributed by atoms with Gasteiger partial charge in [-0.3, -0.25) is 0 Å². The smallest absolute Gasteiger partial charge is 0.131 e. The number of aryl methyl sites for hydroxylation is 1. The quantitative estimate of drug-likeness (QED) is 0.680. The molecule has 0 aromatic heterocycles. The van der Waals surface area contributed by atoms with Gasteiger partial charge in [0.25, 0.3) is 0 Å². The van der Waals surface area contributed by atoms with Crippen molar-refractivity contribution >= 4 is 28.7 Å². The predicted molar refractivity (Wildman–Crippen MR) is 53.9 cm³/mol. The van der Waals surface area contributed by atoms with Crippen molar-refractivity contribution in [3.63, 3.8) is 0 Å². The molecule has 0 unspecified atom stereocenters. The van der Waals surface area contributed by atoms with Crippen molar-refractivity contribution < 1.29 is 4.39 Å². The van der Waals surface area contributed by atoms with E-state index in [1.54, 1.807) is 6.07 Å². The largest absolute Gasteiger partial charge is 0.206 e. The van der Waals surface area contributed by atoms with Crippen molar-refractivity contribution in [1.29, 1.82) is 0 Å². The summed E-state index contributed by atoms with van der Waals surface area (Å²) in [5.41, 5.74) is 1.66. The van der Waals surface area contributed by atoms with Crippen molar-refractivity contribution in [3.05, 3.63) is 39.2 Å². The fourth-order valence-corrected chi connectivity index (χ4v) is 1.27. The van der Waals surface area contributed by atoms with Crippen LogP contribution in [0.1, 0.15) is 11.1 Å². The van der Waals surface area contributed by atoms with Gasteiger partial charge >= 0.3 is 0 Å². The first-order chi connectivity index (χ1) is 5.15. The molecule has 0 heterocycles. The van der Waals surface area contributed by atoms with Crippen LogP contribution in [0.3, 0.4) is 0 Å². The maximum atomic E-state index is 13.0. The van der Waals surface area contributed by atoms with E-state index in [1.165, 1.54) is 12.1 Å². The Balaban J connectivity index is 3.31. The van der Waals surface area contributed by atoms with Crippen LogP contribution in [-0.4, -0.2) is 0 Å². The van der Waals surface area contributed by atoms with Crippen molar-refractivity contribution in [2.24, 2.45) is 0 Å². The molecule has 0 fully saturated rings. The molecule has 0 nitrogen and oxygen atoms in total. The van der Waals surface area contributed by atoms with Gasteiger partial charge in [-0.15, -0.1) is 0 Å². The van der Waals surface area contributed by atoms with E-state index >= 15 is 0 Å². The molecule has 0 aliphatic carbocycles. The Morgan fingerprint density at radius 3 is 2.73 bits per heavy atom. The van der Waals surface area contributed by atoms with Crippen LogP contribution in [0.2, 0.25) is 0 Å². The minimum absolute atomic E-state index is 0.199. The molecule has 0 radical (unpaired) electrons. The zero-order valence-corrected chi connectivity index (χ0v) is 8.35. The van der Waals surface area contributed by atoms with Crippen molar-refractivity contribution in [2.45, 2.75) is 6.92 Å². The van der Waals surface area contributed by atoms with Gasteiger partial charge in [0, 0.05) is 9.13 Å². The summed E-state index contributed by atoms with van der Waals surface area (Å²) in [6.07, 6.45) is 1.53. The zero-order valence-electron chi connectivity index (χ0n) is 6.20. The Labute approximate surface area is 79.3 Å². The Kier molecular flexibility index (Phi) is 2.65. The molecule has 2 heteroatoms. The normalized spacial score (nSPS) is 9.73. The number of rotatable bonds is 1. The van der Waals surface area contributed by atoms with Crippen LogP contribution in [0.5, 0.6) is 0 Å². The zero-order chi connectivity index (χ0) is 8.43. The molecule has 11 heavy (non-hydrogen) atoms. The van der Waals surface area contributed by atoms with Gasteiger partial charge in [-0.05, 0) is 47.2 Å². The van der Waals surface area contributed by atoms with Crippen molar-refractivity contribution in [2.75, 3.05) is 0 Å². The van der Waals surface area contributed by atoms with Crippen molar-refractivity contribution in [3.8, 4) is 0 Å². The highest BCUT2D eigenvalue weighted by atomic mass is 127.